The van der Waals surface area contributed by atoms with E-state index in [1.807, 2.05) is 0 Å². The van der Waals surface area contributed by atoms with Crippen LogP contribution in [0.2, 0.25) is 0 Å². The van der Waals surface area contributed by atoms with Gasteiger partial charge in [0.15, 0.2) is 11.6 Å². The maximum Gasteiger partial charge on any atom is 0.303 e. The molecule has 0 saturated carbocycles. The molecule has 1 aliphatic heterocycles. The van der Waals surface area contributed by atoms with Crippen molar-refractivity contribution in [3.05, 3.63) is 52.4 Å². The minimum Gasteiger partial charge on any atom is -0.481 e. The van der Waals surface area contributed by atoms with Gasteiger partial charge in [0.05, 0.1) is 10.5 Å². The fourth-order valence-electron chi connectivity index (χ4n) is 2.83. The van der Waals surface area contributed by atoms with Gasteiger partial charge in [0.2, 0.25) is 0 Å². The monoisotopic (exact) mass is 455 g/mol. The third kappa shape index (κ3) is 5.11. The average molecular weight is 455 g/mol. The second-order valence-electron chi connectivity index (χ2n) is 6.49. The highest BCUT2D eigenvalue weighted by Gasteiger charge is 2.31. The van der Waals surface area contributed by atoms with Crippen LogP contribution < -0.4 is 0 Å². The van der Waals surface area contributed by atoms with Gasteiger partial charge in [-0.2, -0.15) is 0 Å². The zero-order chi connectivity index (χ0) is 21.8. The smallest absolute Gasteiger partial charge is 0.303 e. The Labute approximate surface area is 179 Å². The minimum atomic E-state index is -1.30. The lowest BCUT2D eigenvalue weighted by atomic mass is 10.1. The summed E-state index contributed by atoms with van der Waals surface area (Å²) in [6.45, 7) is 0.380. The van der Waals surface area contributed by atoms with E-state index >= 15 is 0 Å². The molecule has 0 aliphatic carbocycles. The summed E-state index contributed by atoms with van der Waals surface area (Å²) in [5.74, 6) is -4.40. The first kappa shape index (κ1) is 22.1. The van der Waals surface area contributed by atoms with E-state index < -0.39 is 23.4 Å². The van der Waals surface area contributed by atoms with Crippen LogP contribution in [0.15, 0.2) is 33.6 Å². The molecule has 1 fully saturated rings. The molecule has 1 aliphatic rings. The van der Waals surface area contributed by atoms with Crippen LogP contribution in [-0.2, 0) is 9.59 Å². The van der Waals surface area contributed by atoms with Crippen molar-refractivity contribution in [3.63, 3.8) is 0 Å². The number of nitrogens with zero attached hydrogens (tertiary/aromatic N) is 1. The molecular weight excluding hydrogens is 439 g/mol. The van der Waals surface area contributed by atoms with E-state index in [2.05, 4.69) is 0 Å². The van der Waals surface area contributed by atoms with Crippen LogP contribution in [0.3, 0.4) is 0 Å². The van der Waals surface area contributed by atoms with Gasteiger partial charge in [0, 0.05) is 25.1 Å². The molecule has 1 aromatic heterocycles. The molecule has 1 aromatic carbocycles. The molecule has 1 N–H and O–H groups in total. The zero-order valence-corrected chi connectivity index (χ0v) is 17.1. The number of benzene rings is 1. The molecule has 0 unspecified atom stereocenters. The Kier molecular flexibility index (Phi) is 6.99. The summed E-state index contributed by atoms with van der Waals surface area (Å²) < 4.78 is 46.3. The molecule has 0 bridgehead atoms. The van der Waals surface area contributed by atoms with Crippen molar-refractivity contribution in [3.8, 4) is 11.3 Å². The van der Waals surface area contributed by atoms with Gasteiger partial charge in [-0.05, 0) is 31.0 Å². The molecule has 2 heterocycles. The van der Waals surface area contributed by atoms with Crippen molar-refractivity contribution in [2.24, 2.45) is 0 Å². The molecule has 30 heavy (non-hydrogen) atoms. The van der Waals surface area contributed by atoms with Crippen molar-refractivity contribution in [1.82, 2.24) is 4.90 Å². The number of carbonyl (C=O) groups is 2. The predicted molar refractivity (Wildman–Crippen MR) is 110 cm³/mol. The molecule has 3 rings (SSSR count). The quantitative estimate of drug-likeness (QED) is 0.255. The van der Waals surface area contributed by atoms with Crippen molar-refractivity contribution in [1.29, 1.82) is 0 Å². The van der Waals surface area contributed by atoms with Crippen LogP contribution in [0, 0.1) is 17.5 Å². The Morgan fingerprint density at radius 1 is 1.13 bits per heavy atom. The number of thiocarbonyl (C=S) groups is 1. The topological polar surface area (TPSA) is 70.8 Å². The molecule has 5 nitrogen and oxygen atoms in total. The highest BCUT2D eigenvalue weighted by molar-refractivity contribution is 8.26. The SMILES string of the molecule is O=C(O)CCCCCN1C(=O)/C(=C/c2ccc(-c3cc(F)c(F)cc3F)o2)SC1=S. The van der Waals surface area contributed by atoms with Crippen LogP contribution in [-0.4, -0.2) is 32.7 Å². The van der Waals surface area contributed by atoms with E-state index in [1.165, 1.54) is 23.1 Å². The number of halogens is 3. The summed E-state index contributed by atoms with van der Waals surface area (Å²) in [6.07, 6.45) is 3.33. The van der Waals surface area contributed by atoms with Crippen LogP contribution in [0.5, 0.6) is 0 Å². The first-order valence-electron chi connectivity index (χ1n) is 8.98. The number of carboxylic acids is 1. The number of unbranched alkanes of at least 4 members (excludes halogenated alkanes) is 2. The van der Waals surface area contributed by atoms with Crippen molar-refractivity contribution >= 4 is 46.3 Å². The Morgan fingerprint density at radius 2 is 1.87 bits per heavy atom. The third-order valence-corrected chi connectivity index (χ3v) is 5.70. The van der Waals surface area contributed by atoms with E-state index in [4.69, 9.17) is 21.7 Å². The van der Waals surface area contributed by atoms with Crippen LogP contribution in [0.25, 0.3) is 17.4 Å². The van der Waals surface area contributed by atoms with Gasteiger partial charge in [-0.25, -0.2) is 13.2 Å². The normalized spacial score (nSPS) is 15.4. The largest absolute Gasteiger partial charge is 0.481 e. The maximum atomic E-state index is 13.9. The fourth-order valence-corrected chi connectivity index (χ4v) is 4.12. The van der Waals surface area contributed by atoms with Crippen molar-refractivity contribution in [2.45, 2.75) is 25.7 Å². The molecule has 1 saturated heterocycles. The summed E-state index contributed by atoms with van der Waals surface area (Å²) in [4.78, 5) is 24.8. The molecular formula is C20H16F3NO4S2. The number of hydrogen-bond donors (Lipinski definition) is 1. The fraction of sp³-hybridized carbons (Fsp3) is 0.250. The Bertz CT molecular complexity index is 1040. The first-order chi connectivity index (χ1) is 14.3. The molecule has 158 valence electrons. The number of aliphatic carboxylic acids is 1. The molecule has 1 amide bonds. The second kappa shape index (κ2) is 9.48. The van der Waals surface area contributed by atoms with E-state index in [1.54, 1.807) is 0 Å². The number of amides is 1. The first-order valence-corrected chi connectivity index (χ1v) is 10.2. The van der Waals surface area contributed by atoms with Gasteiger partial charge in [-0.3, -0.25) is 14.5 Å². The van der Waals surface area contributed by atoms with Gasteiger partial charge in [-0.15, -0.1) is 0 Å². The number of rotatable bonds is 8. The summed E-state index contributed by atoms with van der Waals surface area (Å²) >= 11 is 6.32. The van der Waals surface area contributed by atoms with Gasteiger partial charge in [0.1, 0.15) is 21.7 Å². The third-order valence-electron chi connectivity index (χ3n) is 4.32. The second-order valence-corrected chi connectivity index (χ2v) is 8.16. The van der Waals surface area contributed by atoms with Crippen LogP contribution in [0.4, 0.5) is 13.2 Å². The van der Waals surface area contributed by atoms with E-state index in [0.717, 1.165) is 11.8 Å². The Hall–Kier alpha value is -2.59. The Morgan fingerprint density at radius 3 is 2.60 bits per heavy atom. The molecule has 0 atom stereocenters. The summed E-state index contributed by atoms with van der Waals surface area (Å²) in [6, 6.07) is 4.02. The standard InChI is InChI=1S/C20H16F3NO4S2/c21-13-10-15(23)14(22)9-12(13)16-6-5-11(28-16)8-17-19(27)24(20(29)30-17)7-3-1-2-4-18(25)26/h5-6,8-10H,1-4,7H2,(H,25,26)/b17-8-. The van der Waals surface area contributed by atoms with Gasteiger partial charge in [-0.1, -0.05) is 30.4 Å². The number of carbonyl (C=O) groups excluding carboxylic acids is 1. The number of hydrogen-bond acceptors (Lipinski definition) is 5. The highest BCUT2D eigenvalue weighted by Crippen LogP contribution is 2.34. The van der Waals surface area contributed by atoms with Gasteiger partial charge >= 0.3 is 5.97 Å². The minimum absolute atomic E-state index is 0.00782. The predicted octanol–water partition coefficient (Wildman–Crippen LogP) is 5.21. The number of carboxylic acid groups (broad SMARTS) is 1. The summed E-state index contributed by atoms with van der Waals surface area (Å²) in [5.41, 5.74) is -0.234. The molecule has 2 aromatic rings. The highest BCUT2D eigenvalue weighted by atomic mass is 32.2. The van der Waals surface area contributed by atoms with Gasteiger partial charge < -0.3 is 9.52 Å². The van der Waals surface area contributed by atoms with Crippen molar-refractivity contribution in [2.75, 3.05) is 6.54 Å². The number of furan rings is 1. The molecule has 0 radical (unpaired) electrons. The zero-order valence-electron chi connectivity index (χ0n) is 15.5. The van der Waals surface area contributed by atoms with E-state index in [0.29, 0.717) is 47.2 Å². The van der Waals surface area contributed by atoms with E-state index in [9.17, 15) is 22.8 Å². The van der Waals surface area contributed by atoms with Gasteiger partial charge in [0.25, 0.3) is 5.91 Å². The van der Waals surface area contributed by atoms with Crippen LogP contribution in [0.1, 0.15) is 31.4 Å². The average Bonchev–Trinajstić information content (AvgIpc) is 3.24. The maximum absolute atomic E-state index is 13.9. The summed E-state index contributed by atoms with van der Waals surface area (Å²) in [5, 5.41) is 8.64. The lowest BCUT2D eigenvalue weighted by Gasteiger charge is -2.13. The molecule has 0 spiro atoms. The lowest BCUT2D eigenvalue weighted by molar-refractivity contribution is -0.137. The molecule has 10 heteroatoms. The van der Waals surface area contributed by atoms with E-state index in [-0.39, 0.29) is 29.4 Å². The summed E-state index contributed by atoms with van der Waals surface area (Å²) in [7, 11) is 0. The van der Waals surface area contributed by atoms with Crippen LogP contribution >= 0.6 is 24.0 Å². The lowest BCUT2D eigenvalue weighted by Crippen LogP contribution is -2.29. The van der Waals surface area contributed by atoms with Crippen molar-refractivity contribution < 1.29 is 32.3 Å². The Balaban J connectivity index is 1.68. The number of thioether (sulfide) groups is 1.